The molecule has 0 radical (unpaired) electrons. The molecular formula is C24H32N4O. The Labute approximate surface area is 174 Å². The molecule has 0 spiro atoms. The summed E-state index contributed by atoms with van der Waals surface area (Å²) in [4.78, 5) is 18.9. The van der Waals surface area contributed by atoms with E-state index in [0.717, 1.165) is 56.0 Å². The van der Waals surface area contributed by atoms with Gasteiger partial charge in [-0.2, -0.15) is 0 Å². The second-order valence-corrected chi connectivity index (χ2v) is 7.45. The maximum absolute atomic E-state index is 12.6. The van der Waals surface area contributed by atoms with Crippen LogP contribution in [0.5, 0.6) is 0 Å². The second kappa shape index (κ2) is 10.6. The minimum Gasteiger partial charge on any atom is -0.352 e. The molecule has 1 aliphatic heterocycles. The first kappa shape index (κ1) is 20.9. The molecule has 0 aromatic heterocycles. The van der Waals surface area contributed by atoms with Gasteiger partial charge in [-0.1, -0.05) is 43.3 Å². The lowest BCUT2D eigenvalue weighted by atomic mass is 10.1. The normalized spacial score (nSPS) is 14.6. The topological polar surface area (TPSA) is 56.7 Å². The number of aliphatic imine (C=N–C) groups is 1. The molecule has 1 heterocycles. The van der Waals surface area contributed by atoms with Gasteiger partial charge in [-0.15, -0.1) is 0 Å². The van der Waals surface area contributed by atoms with Gasteiger partial charge in [0.15, 0.2) is 5.96 Å². The van der Waals surface area contributed by atoms with Crippen molar-refractivity contribution in [2.24, 2.45) is 4.99 Å². The predicted molar refractivity (Wildman–Crippen MR) is 119 cm³/mol. The highest BCUT2D eigenvalue weighted by Crippen LogP contribution is 2.14. The van der Waals surface area contributed by atoms with Gasteiger partial charge in [0.2, 0.25) is 0 Å². The van der Waals surface area contributed by atoms with Crippen LogP contribution in [0.25, 0.3) is 0 Å². The van der Waals surface area contributed by atoms with Crippen molar-refractivity contribution in [1.29, 1.82) is 0 Å². The standard InChI is InChI=1S/C24H32N4O/c1-3-20-9-5-6-10-22(20)18-27-24(25-2)26-17-19-11-13-21(14-12-19)23(29)28-15-7-4-8-16-28/h5-6,9-14H,3-4,7-8,15-18H2,1-2H3,(H2,25,26,27). The molecule has 0 aliphatic carbocycles. The quantitative estimate of drug-likeness (QED) is 0.582. The fourth-order valence-electron chi connectivity index (χ4n) is 3.70. The summed E-state index contributed by atoms with van der Waals surface area (Å²) in [5.41, 5.74) is 4.54. The summed E-state index contributed by atoms with van der Waals surface area (Å²) in [5, 5.41) is 6.73. The van der Waals surface area contributed by atoms with Gasteiger partial charge in [0.25, 0.3) is 5.91 Å². The Kier molecular flexibility index (Phi) is 7.68. The van der Waals surface area contributed by atoms with Crippen LogP contribution in [0.2, 0.25) is 0 Å². The fourth-order valence-corrected chi connectivity index (χ4v) is 3.70. The van der Waals surface area contributed by atoms with Crippen LogP contribution < -0.4 is 10.6 Å². The number of hydrogen-bond acceptors (Lipinski definition) is 2. The first-order chi connectivity index (χ1) is 14.2. The number of likely N-dealkylation sites (tertiary alicyclic amines) is 1. The van der Waals surface area contributed by atoms with E-state index in [1.54, 1.807) is 7.05 Å². The Bertz CT molecular complexity index is 823. The number of guanidine groups is 1. The molecule has 1 aliphatic rings. The van der Waals surface area contributed by atoms with E-state index in [-0.39, 0.29) is 5.91 Å². The van der Waals surface area contributed by atoms with Gasteiger partial charge in [-0.3, -0.25) is 9.79 Å². The molecule has 1 fully saturated rings. The van der Waals surface area contributed by atoms with E-state index in [1.165, 1.54) is 17.5 Å². The second-order valence-electron chi connectivity index (χ2n) is 7.45. The molecule has 0 saturated carbocycles. The van der Waals surface area contributed by atoms with Crippen LogP contribution in [-0.4, -0.2) is 36.9 Å². The molecule has 5 nitrogen and oxygen atoms in total. The summed E-state index contributed by atoms with van der Waals surface area (Å²) in [6.07, 6.45) is 4.48. The SMILES string of the molecule is CCc1ccccc1CNC(=NC)NCc1ccc(C(=O)N2CCCCC2)cc1. The highest BCUT2D eigenvalue weighted by molar-refractivity contribution is 5.94. The maximum atomic E-state index is 12.6. The first-order valence-electron chi connectivity index (χ1n) is 10.6. The van der Waals surface area contributed by atoms with Gasteiger partial charge in [0.05, 0.1) is 0 Å². The Morgan fingerprint density at radius 1 is 0.931 bits per heavy atom. The highest BCUT2D eigenvalue weighted by Gasteiger charge is 2.17. The summed E-state index contributed by atoms with van der Waals surface area (Å²) in [5.74, 6) is 0.917. The molecule has 1 amide bonds. The molecule has 3 rings (SSSR count). The van der Waals surface area contributed by atoms with Crippen molar-refractivity contribution in [2.45, 2.75) is 45.7 Å². The molecule has 2 N–H and O–H groups in total. The number of carbonyl (C=O) groups is 1. The van der Waals surface area contributed by atoms with E-state index >= 15 is 0 Å². The molecule has 0 atom stereocenters. The number of amides is 1. The number of rotatable bonds is 6. The van der Waals surface area contributed by atoms with Crippen molar-refractivity contribution in [2.75, 3.05) is 20.1 Å². The van der Waals surface area contributed by atoms with Gasteiger partial charge in [0.1, 0.15) is 0 Å². The van der Waals surface area contributed by atoms with Gasteiger partial charge < -0.3 is 15.5 Å². The number of nitrogens with one attached hydrogen (secondary N) is 2. The zero-order valence-electron chi connectivity index (χ0n) is 17.6. The lowest BCUT2D eigenvalue weighted by molar-refractivity contribution is 0.0724. The number of carbonyl (C=O) groups excluding carboxylic acids is 1. The van der Waals surface area contributed by atoms with Crippen LogP contribution >= 0.6 is 0 Å². The minimum atomic E-state index is 0.149. The third-order valence-electron chi connectivity index (χ3n) is 5.47. The average molecular weight is 393 g/mol. The number of hydrogen-bond donors (Lipinski definition) is 2. The predicted octanol–water partition coefficient (Wildman–Crippen LogP) is 3.74. The number of benzene rings is 2. The van der Waals surface area contributed by atoms with Crippen LogP contribution in [-0.2, 0) is 19.5 Å². The molecule has 5 heteroatoms. The summed E-state index contributed by atoms with van der Waals surface area (Å²) in [7, 11) is 1.78. The van der Waals surface area contributed by atoms with Crippen molar-refractivity contribution < 1.29 is 4.79 Å². The van der Waals surface area contributed by atoms with Crippen molar-refractivity contribution in [1.82, 2.24) is 15.5 Å². The largest absolute Gasteiger partial charge is 0.352 e. The van der Waals surface area contributed by atoms with E-state index in [0.29, 0.717) is 6.54 Å². The molecule has 0 unspecified atom stereocenters. The van der Waals surface area contributed by atoms with Crippen LogP contribution in [0, 0.1) is 0 Å². The fraction of sp³-hybridized carbons (Fsp3) is 0.417. The van der Waals surface area contributed by atoms with E-state index in [1.807, 2.05) is 29.2 Å². The van der Waals surface area contributed by atoms with Crippen molar-refractivity contribution in [3.63, 3.8) is 0 Å². The summed E-state index contributed by atoms with van der Waals surface area (Å²) < 4.78 is 0. The van der Waals surface area contributed by atoms with Crippen LogP contribution in [0.15, 0.2) is 53.5 Å². The third-order valence-corrected chi connectivity index (χ3v) is 5.47. The van der Waals surface area contributed by atoms with Crippen LogP contribution in [0.4, 0.5) is 0 Å². The number of piperidine rings is 1. The Balaban J connectivity index is 1.51. The minimum absolute atomic E-state index is 0.149. The molecule has 154 valence electrons. The average Bonchev–Trinajstić information content (AvgIpc) is 2.80. The lowest BCUT2D eigenvalue weighted by Gasteiger charge is -2.26. The van der Waals surface area contributed by atoms with Crippen LogP contribution in [0.1, 0.15) is 53.2 Å². The first-order valence-corrected chi connectivity index (χ1v) is 10.6. The van der Waals surface area contributed by atoms with Gasteiger partial charge in [-0.25, -0.2) is 0 Å². The smallest absolute Gasteiger partial charge is 0.253 e. The molecule has 2 aromatic carbocycles. The van der Waals surface area contributed by atoms with E-state index in [9.17, 15) is 4.79 Å². The van der Waals surface area contributed by atoms with E-state index in [2.05, 4.69) is 46.8 Å². The van der Waals surface area contributed by atoms with Gasteiger partial charge >= 0.3 is 0 Å². The van der Waals surface area contributed by atoms with Gasteiger partial charge in [0, 0.05) is 38.8 Å². The monoisotopic (exact) mass is 392 g/mol. The molecular weight excluding hydrogens is 360 g/mol. The van der Waals surface area contributed by atoms with E-state index in [4.69, 9.17) is 0 Å². The lowest BCUT2D eigenvalue weighted by Crippen LogP contribution is -2.36. The van der Waals surface area contributed by atoms with Crippen molar-refractivity contribution in [3.8, 4) is 0 Å². The Morgan fingerprint density at radius 3 is 2.24 bits per heavy atom. The maximum Gasteiger partial charge on any atom is 0.253 e. The summed E-state index contributed by atoms with van der Waals surface area (Å²) in [6.45, 7) is 5.34. The molecule has 0 bridgehead atoms. The number of aryl methyl sites for hydroxylation is 1. The third kappa shape index (κ3) is 5.83. The Morgan fingerprint density at radius 2 is 1.59 bits per heavy atom. The van der Waals surface area contributed by atoms with E-state index < -0.39 is 0 Å². The summed E-state index contributed by atoms with van der Waals surface area (Å²) in [6, 6.07) is 16.4. The highest BCUT2D eigenvalue weighted by atomic mass is 16.2. The zero-order valence-corrected chi connectivity index (χ0v) is 17.6. The zero-order chi connectivity index (χ0) is 20.5. The summed E-state index contributed by atoms with van der Waals surface area (Å²) >= 11 is 0. The molecule has 29 heavy (non-hydrogen) atoms. The van der Waals surface area contributed by atoms with Crippen molar-refractivity contribution in [3.05, 3.63) is 70.8 Å². The molecule has 1 saturated heterocycles. The van der Waals surface area contributed by atoms with Crippen molar-refractivity contribution >= 4 is 11.9 Å². The number of nitrogens with zero attached hydrogens (tertiary/aromatic N) is 2. The van der Waals surface area contributed by atoms with Crippen LogP contribution in [0.3, 0.4) is 0 Å². The Hall–Kier alpha value is -2.82. The van der Waals surface area contributed by atoms with Gasteiger partial charge in [-0.05, 0) is 54.5 Å². The molecule has 2 aromatic rings.